The van der Waals surface area contributed by atoms with Crippen LogP contribution in [0.3, 0.4) is 0 Å². The summed E-state index contributed by atoms with van der Waals surface area (Å²) in [6, 6.07) is 15.2. The number of nitrogens with zero attached hydrogens (tertiary/aromatic N) is 3. The first kappa shape index (κ1) is 24.3. The molecule has 4 rings (SSSR count). The fourth-order valence-corrected chi connectivity index (χ4v) is 3.68. The van der Waals surface area contributed by atoms with Crippen LogP contribution in [-0.2, 0) is 6.18 Å². The van der Waals surface area contributed by atoms with Gasteiger partial charge in [-0.2, -0.15) is 13.2 Å². The molecule has 3 aromatic rings. The average molecular weight is 458 g/mol. The van der Waals surface area contributed by atoms with Gasteiger partial charge in [-0.05, 0) is 30.1 Å². The third kappa shape index (κ3) is 4.99. The Morgan fingerprint density at radius 1 is 0.900 bits per heavy atom. The lowest BCUT2D eigenvalue weighted by atomic mass is 10.0. The standard InChI is InChI=1S/C22H22F3N3.2ClH/c1-2-27-11-13-28(14-12-27)21-19-6-4-3-5-17(19)15-20(26-21)16-7-9-18(10-8-16)22(23,24)25;;/h3-10,15H,2,11-14H2,1H3;2*1H. The predicted octanol–water partition coefficient (Wildman–Crippen LogP) is 5.91. The molecule has 30 heavy (non-hydrogen) atoms. The van der Waals surface area contributed by atoms with Gasteiger partial charge in [0, 0.05) is 37.1 Å². The Morgan fingerprint density at radius 3 is 2.13 bits per heavy atom. The van der Waals surface area contributed by atoms with Crippen molar-refractivity contribution in [2.75, 3.05) is 37.6 Å². The fraction of sp³-hybridized carbons (Fsp3) is 0.318. The monoisotopic (exact) mass is 457 g/mol. The Balaban J connectivity index is 0.00000160. The predicted molar refractivity (Wildman–Crippen MR) is 121 cm³/mol. The van der Waals surface area contributed by atoms with Crippen LogP contribution in [0.5, 0.6) is 0 Å². The molecule has 1 aromatic heterocycles. The van der Waals surface area contributed by atoms with Gasteiger partial charge in [-0.15, -0.1) is 24.8 Å². The maximum atomic E-state index is 12.9. The van der Waals surface area contributed by atoms with Crippen molar-refractivity contribution < 1.29 is 13.2 Å². The average Bonchev–Trinajstić information content (AvgIpc) is 2.72. The van der Waals surface area contributed by atoms with Gasteiger partial charge >= 0.3 is 6.18 Å². The summed E-state index contributed by atoms with van der Waals surface area (Å²) >= 11 is 0. The first-order valence-corrected chi connectivity index (χ1v) is 9.50. The Labute approximate surface area is 186 Å². The normalized spacial score (nSPS) is 14.9. The second kappa shape index (κ2) is 9.86. The lowest BCUT2D eigenvalue weighted by Crippen LogP contribution is -2.46. The van der Waals surface area contributed by atoms with Crippen LogP contribution >= 0.6 is 24.8 Å². The van der Waals surface area contributed by atoms with Crippen LogP contribution in [0.4, 0.5) is 19.0 Å². The molecule has 0 saturated carbocycles. The van der Waals surface area contributed by atoms with Crippen LogP contribution in [0, 0.1) is 0 Å². The Bertz CT molecular complexity index is 970. The number of likely N-dealkylation sites (N-methyl/N-ethyl adjacent to an activating group) is 1. The van der Waals surface area contributed by atoms with Crippen molar-refractivity contribution in [3.05, 3.63) is 60.2 Å². The van der Waals surface area contributed by atoms with E-state index < -0.39 is 11.7 Å². The molecule has 1 saturated heterocycles. The molecule has 3 nitrogen and oxygen atoms in total. The van der Waals surface area contributed by atoms with Crippen molar-refractivity contribution in [3.8, 4) is 11.3 Å². The molecule has 1 aliphatic heterocycles. The number of halogens is 5. The summed E-state index contributed by atoms with van der Waals surface area (Å²) in [6.45, 7) is 6.94. The third-order valence-corrected chi connectivity index (χ3v) is 5.35. The van der Waals surface area contributed by atoms with Crippen LogP contribution in [0.2, 0.25) is 0 Å². The number of piperazine rings is 1. The highest BCUT2D eigenvalue weighted by Gasteiger charge is 2.30. The van der Waals surface area contributed by atoms with E-state index in [0.29, 0.717) is 11.3 Å². The molecule has 1 fully saturated rings. The largest absolute Gasteiger partial charge is 0.416 e. The van der Waals surface area contributed by atoms with Crippen molar-refractivity contribution in [2.45, 2.75) is 13.1 Å². The van der Waals surface area contributed by atoms with E-state index in [9.17, 15) is 13.2 Å². The van der Waals surface area contributed by atoms with Crippen LogP contribution in [0.25, 0.3) is 22.0 Å². The molecule has 1 aliphatic rings. The first-order chi connectivity index (χ1) is 13.5. The van der Waals surface area contributed by atoms with Crippen molar-refractivity contribution >= 4 is 41.4 Å². The molecule has 2 aromatic carbocycles. The molecular weight excluding hydrogens is 434 g/mol. The number of fused-ring (bicyclic) bond motifs is 1. The number of rotatable bonds is 3. The van der Waals surface area contributed by atoms with Gasteiger partial charge in [0.1, 0.15) is 5.82 Å². The van der Waals surface area contributed by atoms with Gasteiger partial charge in [0.15, 0.2) is 0 Å². The molecule has 0 amide bonds. The molecule has 2 heterocycles. The van der Waals surface area contributed by atoms with Gasteiger partial charge in [0.05, 0.1) is 11.3 Å². The number of alkyl halides is 3. The number of benzene rings is 2. The molecule has 8 heteroatoms. The van der Waals surface area contributed by atoms with E-state index in [1.54, 1.807) is 0 Å². The quantitative estimate of drug-likeness (QED) is 0.487. The van der Waals surface area contributed by atoms with Crippen LogP contribution in [-0.4, -0.2) is 42.6 Å². The topological polar surface area (TPSA) is 19.4 Å². The van der Waals surface area contributed by atoms with E-state index in [-0.39, 0.29) is 24.8 Å². The van der Waals surface area contributed by atoms with Gasteiger partial charge in [-0.1, -0.05) is 43.3 Å². The zero-order valence-electron chi connectivity index (χ0n) is 16.5. The summed E-state index contributed by atoms with van der Waals surface area (Å²) in [5.41, 5.74) is 0.737. The van der Waals surface area contributed by atoms with Gasteiger partial charge in [-0.3, -0.25) is 0 Å². The van der Waals surface area contributed by atoms with Gasteiger partial charge < -0.3 is 9.80 Å². The van der Waals surface area contributed by atoms with Crippen LogP contribution in [0.1, 0.15) is 12.5 Å². The van der Waals surface area contributed by atoms with Crippen molar-refractivity contribution in [1.82, 2.24) is 9.88 Å². The first-order valence-electron chi connectivity index (χ1n) is 9.50. The number of hydrogen-bond donors (Lipinski definition) is 0. The second-order valence-electron chi connectivity index (χ2n) is 7.05. The SMILES string of the molecule is CCN1CCN(c2nc(-c3ccc(C(F)(F)F)cc3)cc3ccccc23)CC1.Cl.Cl. The van der Waals surface area contributed by atoms with Crippen molar-refractivity contribution in [3.63, 3.8) is 0 Å². The highest BCUT2D eigenvalue weighted by Crippen LogP contribution is 2.33. The minimum absolute atomic E-state index is 0. The van der Waals surface area contributed by atoms with Crippen molar-refractivity contribution in [2.24, 2.45) is 0 Å². The van der Waals surface area contributed by atoms with Gasteiger partial charge in [0.25, 0.3) is 0 Å². The Morgan fingerprint density at radius 2 is 1.53 bits per heavy atom. The molecule has 0 unspecified atom stereocenters. The highest BCUT2D eigenvalue weighted by atomic mass is 35.5. The summed E-state index contributed by atoms with van der Waals surface area (Å²) in [6.07, 6.45) is -4.33. The minimum atomic E-state index is -4.33. The molecule has 0 radical (unpaired) electrons. The lowest BCUT2D eigenvalue weighted by molar-refractivity contribution is -0.137. The minimum Gasteiger partial charge on any atom is -0.354 e. The molecule has 0 bridgehead atoms. The number of hydrogen-bond acceptors (Lipinski definition) is 3. The van der Waals surface area contributed by atoms with Gasteiger partial charge in [0.2, 0.25) is 0 Å². The zero-order valence-corrected chi connectivity index (χ0v) is 18.2. The molecule has 0 N–H and O–H groups in total. The number of anilines is 1. The maximum absolute atomic E-state index is 12.9. The van der Waals surface area contributed by atoms with Crippen LogP contribution in [0.15, 0.2) is 54.6 Å². The third-order valence-electron chi connectivity index (χ3n) is 5.35. The summed E-state index contributed by atoms with van der Waals surface area (Å²) < 4.78 is 38.6. The Kier molecular flexibility index (Phi) is 7.97. The van der Waals surface area contributed by atoms with E-state index in [2.05, 4.69) is 22.8 Å². The molecule has 0 atom stereocenters. The van der Waals surface area contributed by atoms with Crippen LogP contribution < -0.4 is 4.90 Å². The summed E-state index contributed by atoms with van der Waals surface area (Å²) in [7, 11) is 0. The second-order valence-corrected chi connectivity index (χ2v) is 7.05. The van der Waals surface area contributed by atoms with Crippen molar-refractivity contribution in [1.29, 1.82) is 0 Å². The zero-order chi connectivity index (χ0) is 19.7. The lowest BCUT2D eigenvalue weighted by Gasteiger charge is -2.35. The summed E-state index contributed by atoms with van der Waals surface area (Å²) in [5, 5.41) is 2.11. The summed E-state index contributed by atoms with van der Waals surface area (Å²) in [4.78, 5) is 9.54. The number of aromatic nitrogens is 1. The summed E-state index contributed by atoms with van der Waals surface area (Å²) in [5.74, 6) is 0.906. The van der Waals surface area contributed by atoms with Gasteiger partial charge in [-0.25, -0.2) is 4.98 Å². The number of pyridine rings is 1. The van der Waals surface area contributed by atoms with E-state index >= 15 is 0 Å². The molecular formula is C22H24Cl2F3N3. The van der Waals surface area contributed by atoms with E-state index in [0.717, 1.165) is 61.4 Å². The molecule has 162 valence electrons. The highest BCUT2D eigenvalue weighted by molar-refractivity contribution is 5.95. The van der Waals surface area contributed by atoms with E-state index in [4.69, 9.17) is 4.98 Å². The Hall–Kier alpha value is -2.02. The van der Waals surface area contributed by atoms with E-state index in [1.807, 2.05) is 24.3 Å². The molecule has 0 spiro atoms. The fourth-order valence-electron chi connectivity index (χ4n) is 3.68. The molecule has 0 aliphatic carbocycles. The van der Waals surface area contributed by atoms with E-state index in [1.165, 1.54) is 12.1 Å². The smallest absolute Gasteiger partial charge is 0.354 e. The maximum Gasteiger partial charge on any atom is 0.416 e.